The zero-order valence-electron chi connectivity index (χ0n) is 7.71. The lowest BCUT2D eigenvalue weighted by Crippen LogP contribution is -2.26. The standard InChI is InChI=1S/C9H16N2S/c1-3-8(4-2)11-7-9-10-5-6-12-9/h5-6,8,11H,3-4,7H2,1-2H3. The van der Waals surface area contributed by atoms with E-state index in [-0.39, 0.29) is 0 Å². The third-order valence-electron chi connectivity index (χ3n) is 2.01. The minimum atomic E-state index is 0.647. The highest BCUT2D eigenvalue weighted by Gasteiger charge is 2.02. The zero-order chi connectivity index (χ0) is 8.81. The van der Waals surface area contributed by atoms with Crippen molar-refractivity contribution in [1.82, 2.24) is 10.3 Å². The van der Waals surface area contributed by atoms with Gasteiger partial charge in [0.25, 0.3) is 0 Å². The second-order valence-electron chi connectivity index (χ2n) is 2.82. The van der Waals surface area contributed by atoms with Crippen LogP contribution in [0.5, 0.6) is 0 Å². The SMILES string of the molecule is CCC(CC)NCc1nccs1. The molecule has 0 fully saturated rings. The molecule has 1 rings (SSSR count). The molecule has 0 aliphatic rings. The summed E-state index contributed by atoms with van der Waals surface area (Å²) in [5.41, 5.74) is 0. The number of rotatable bonds is 5. The molecular weight excluding hydrogens is 168 g/mol. The van der Waals surface area contributed by atoms with Gasteiger partial charge in [0.15, 0.2) is 0 Å². The number of thiazole rings is 1. The topological polar surface area (TPSA) is 24.9 Å². The van der Waals surface area contributed by atoms with Crippen LogP contribution in [0.25, 0.3) is 0 Å². The lowest BCUT2D eigenvalue weighted by molar-refractivity contribution is 0.483. The van der Waals surface area contributed by atoms with Crippen molar-refractivity contribution in [3.05, 3.63) is 16.6 Å². The monoisotopic (exact) mass is 184 g/mol. The Morgan fingerprint density at radius 2 is 2.25 bits per heavy atom. The van der Waals surface area contributed by atoms with Crippen molar-refractivity contribution in [1.29, 1.82) is 0 Å². The number of nitrogens with one attached hydrogen (secondary N) is 1. The number of nitrogens with zero attached hydrogens (tertiary/aromatic N) is 1. The van der Waals surface area contributed by atoms with Crippen LogP contribution in [0.3, 0.4) is 0 Å². The van der Waals surface area contributed by atoms with E-state index in [1.165, 1.54) is 17.8 Å². The Morgan fingerprint density at radius 3 is 2.75 bits per heavy atom. The Bertz CT molecular complexity index is 192. The van der Waals surface area contributed by atoms with Crippen LogP contribution in [0.15, 0.2) is 11.6 Å². The van der Waals surface area contributed by atoms with Crippen molar-refractivity contribution in [2.75, 3.05) is 0 Å². The summed E-state index contributed by atoms with van der Waals surface area (Å²) in [5, 5.41) is 6.67. The predicted octanol–water partition coefficient (Wildman–Crippen LogP) is 2.42. The second kappa shape index (κ2) is 5.27. The molecule has 68 valence electrons. The maximum absolute atomic E-state index is 4.21. The van der Waals surface area contributed by atoms with Gasteiger partial charge in [0, 0.05) is 24.2 Å². The van der Waals surface area contributed by atoms with Gasteiger partial charge in [-0.05, 0) is 12.8 Å². The summed E-state index contributed by atoms with van der Waals surface area (Å²) in [6.45, 7) is 5.34. The molecule has 0 aromatic carbocycles. The summed E-state index contributed by atoms with van der Waals surface area (Å²) >= 11 is 1.71. The Balaban J connectivity index is 2.25. The van der Waals surface area contributed by atoms with Crippen LogP contribution in [0.4, 0.5) is 0 Å². The van der Waals surface area contributed by atoms with Crippen molar-refractivity contribution in [3.8, 4) is 0 Å². The summed E-state index contributed by atoms with van der Waals surface area (Å²) < 4.78 is 0. The molecule has 0 bridgehead atoms. The second-order valence-corrected chi connectivity index (χ2v) is 3.80. The molecule has 12 heavy (non-hydrogen) atoms. The molecule has 2 nitrogen and oxygen atoms in total. The minimum Gasteiger partial charge on any atom is -0.308 e. The molecule has 0 atom stereocenters. The normalized spacial score (nSPS) is 10.9. The summed E-state index contributed by atoms with van der Waals surface area (Å²) in [4.78, 5) is 4.21. The first-order valence-corrected chi connectivity index (χ1v) is 5.36. The molecule has 0 saturated heterocycles. The van der Waals surface area contributed by atoms with Crippen LogP contribution in [-0.4, -0.2) is 11.0 Å². The molecule has 0 amide bonds. The van der Waals surface area contributed by atoms with E-state index in [2.05, 4.69) is 24.1 Å². The molecule has 0 radical (unpaired) electrons. The van der Waals surface area contributed by atoms with Crippen molar-refractivity contribution in [2.24, 2.45) is 0 Å². The Kier molecular flexibility index (Phi) is 4.25. The van der Waals surface area contributed by atoms with Crippen LogP contribution in [0.2, 0.25) is 0 Å². The fourth-order valence-corrected chi connectivity index (χ4v) is 1.72. The van der Waals surface area contributed by atoms with Gasteiger partial charge < -0.3 is 5.32 Å². The van der Waals surface area contributed by atoms with Crippen molar-refractivity contribution < 1.29 is 0 Å². The van der Waals surface area contributed by atoms with Crippen LogP contribution >= 0.6 is 11.3 Å². The highest BCUT2D eigenvalue weighted by molar-refractivity contribution is 7.09. The molecule has 0 aliphatic carbocycles. The van der Waals surface area contributed by atoms with Crippen LogP contribution in [0, 0.1) is 0 Å². The molecule has 0 spiro atoms. The number of hydrogen-bond acceptors (Lipinski definition) is 3. The average Bonchev–Trinajstić information content (AvgIpc) is 2.59. The minimum absolute atomic E-state index is 0.647. The van der Waals surface area contributed by atoms with Gasteiger partial charge in [0.05, 0.1) is 0 Å². The fraction of sp³-hybridized carbons (Fsp3) is 0.667. The van der Waals surface area contributed by atoms with Gasteiger partial charge in [-0.3, -0.25) is 0 Å². The molecule has 3 heteroatoms. The summed E-state index contributed by atoms with van der Waals surface area (Å²) in [6.07, 6.45) is 4.25. The Labute approximate surface area is 78.0 Å². The predicted molar refractivity (Wildman–Crippen MR) is 53.3 cm³/mol. The smallest absolute Gasteiger partial charge is 0.106 e. The maximum Gasteiger partial charge on any atom is 0.106 e. The Hall–Kier alpha value is -0.410. The zero-order valence-corrected chi connectivity index (χ0v) is 8.53. The van der Waals surface area contributed by atoms with E-state index >= 15 is 0 Å². The summed E-state index contributed by atoms with van der Waals surface area (Å²) in [6, 6.07) is 0.647. The van der Waals surface area contributed by atoms with E-state index in [1.54, 1.807) is 11.3 Å². The van der Waals surface area contributed by atoms with Crippen molar-refractivity contribution in [3.63, 3.8) is 0 Å². The lowest BCUT2D eigenvalue weighted by Gasteiger charge is -2.12. The first kappa shape index (κ1) is 9.68. The van der Waals surface area contributed by atoms with E-state index in [1.807, 2.05) is 11.6 Å². The van der Waals surface area contributed by atoms with Gasteiger partial charge >= 0.3 is 0 Å². The number of hydrogen-bond donors (Lipinski definition) is 1. The molecule has 0 saturated carbocycles. The van der Waals surface area contributed by atoms with Gasteiger partial charge in [0.1, 0.15) is 5.01 Å². The van der Waals surface area contributed by atoms with Crippen LogP contribution in [-0.2, 0) is 6.54 Å². The largest absolute Gasteiger partial charge is 0.308 e. The molecule has 1 aromatic heterocycles. The van der Waals surface area contributed by atoms with E-state index in [0.717, 1.165) is 6.54 Å². The highest BCUT2D eigenvalue weighted by Crippen LogP contribution is 2.04. The lowest BCUT2D eigenvalue weighted by atomic mass is 10.2. The van der Waals surface area contributed by atoms with Gasteiger partial charge in [-0.15, -0.1) is 11.3 Å². The third-order valence-corrected chi connectivity index (χ3v) is 2.79. The fourth-order valence-electron chi connectivity index (χ4n) is 1.15. The van der Waals surface area contributed by atoms with E-state index < -0.39 is 0 Å². The van der Waals surface area contributed by atoms with Crippen molar-refractivity contribution in [2.45, 2.75) is 39.3 Å². The van der Waals surface area contributed by atoms with E-state index in [0.29, 0.717) is 6.04 Å². The number of aromatic nitrogens is 1. The van der Waals surface area contributed by atoms with Crippen molar-refractivity contribution >= 4 is 11.3 Å². The van der Waals surface area contributed by atoms with Gasteiger partial charge in [0.2, 0.25) is 0 Å². The molecule has 1 aromatic rings. The maximum atomic E-state index is 4.21. The average molecular weight is 184 g/mol. The first-order valence-electron chi connectivity index (χ1n) is 4.48. The Morgan fingerprint density at radius 1 is 1.50 bits per heavy atom. The molecule has 0 unspecified atom stereocenters. The molecule has 0 aliphatic heterocycles. The third kappa shape index (κ3) is 2.91. The molecule has 1 N–H and O–H groups in total. The highest BCUT2D eigenvalue weighted by atomic mass is 32.1. The van der Waals surface area contributed by atoms with Gasteiger partial charge in [-0.1, -0.05) is 13.8 Å². The molecular formula is C9H16N2S. The quantitative estimate of drug-likeness (QED) is 0.760. The summed E-state index contributed by atoms with van der Waals surface area (Å²) in [5.74, 6) is 0. The van der Waals surface area contributed by atoms with Crippen LogP contribution in [0.1, 0.15) is 31.7 Å². The van der Waals surface area contributed by atoms with E-state index in [9.17, 15) is 0 Å². The summed E-state index contributed by atoms with van der Waals surface area (Å²) in [7, 11) is 0. The van der Waals surface area contributed by atoms with E-state index in [4.69, 9.17) is 0 Å². The van der Waals surface area contributed by atoms with Crippen LogP contribution < -0.4 is 5.32 Å². The first-order chi connectivity index (χ1) is 5.86. The van der Waals surface area contributed by atoms with Gasteiger partial charge in [-0.2, -0.15) is 0 Å². The molecule has 1 heterocycles. The van der Waals surface area contributed by atoms with Gasteiger partial charge in [-0.25, -0.2) is 4.98 Å².